The van der Waals surface area contributed by atoms with E-state index in [0.717, 1.165) is 28.7 Å². The van der Waals surface area contributed by atoms with E-state index in [1.165, 1.54) is 0 Å². The predicted octanol–water partition coefficient (Wildman–Crippen LogP) is 4.06. The lowest BCUT2D eigenvalue weighted by Crippen LogP contribution is -2.51. The number of carboxylic acids is 1. The van der Waals surface area contributed by atoms with E-state index in [2.05, 4.69) is 34.9 Å². The normalized spacial score (nSPS) is 19.9. The number of rotatable bonds is 8. The maximum atomic E-state index is 12.8. The van der Waals surface area contributed by atoms with E-state index >= 15 is 0 Å². The first-order valence-corrected chi connectivity index (χ1v) is 11.6. The van der Waals surface area contributed by atoms with Crippen molar-refractivity contribution in [3.63, 3.8) is 0 Å². The highest BCUT2D eigenvalue weighted by molar-refractivity contribution is 5.86. The largest absolute Gasteiger partial charge is 0.481 e. The number of carboxylic acid groups (broad SMARTS) is 1. The Morgan fingerprint density at radius 1 is 1.03 bits per heavy atom. The topological polar surface area (TPSA) is 105 Å². The number of aliphatic carboxylic acids is 1. The summed E-state index contributed by atoms with van der Waals surface area (Å²) in [5, 5.41) is 14.9. The zero-order chi connectivity index (χ0) is 23.4. The molecule has 1 fully saturated rings. The van der Waals surface area contributed by atoms with Crippen molar-refractivity contribution in [3.8, 4) is 11.1 Å². The number of hydrogen-bond acceptors (Lipinski definition) is 4. The molecule has 0 saturated heterocycles. The summed E-state index contributed by atoms with van der Waals surface area (Å²) in [4.78, 5) is 36.8. The van der Waals surface area contributed by atoms with Gasteiger partial charge in [0.15, 0.2) is 0 Å². The van der Waals surface area contributed by atoms with Gasteiger partial charge in [0.05, 0.1) is 5.92 Å². The average Bonchev–Trinajstić information content (AvgIpc) is 3.40. The number of nitrogens with one attached hydrogen (secondary N) is 2. The molecule has 2 aliphatic rings. The van der Waals surface area contributed by atoms with Gasteiger partial charge in [-0.25, -0.2) is 4.79 Å². The fraction of sp³-hybridized carbons (Fsp3) is 0.423. The smallest absolute Gasteiger partial charge is 0.407 e. The van der Waals surface area contributed by atoms with Crippen molar-refractivity contribution < 1.29 is 24.2 Å². The summed E-state index contributed by atoms with van der Waals surface area (Å²) in [6.45, 7) is 2.10. The van der Waals surface area contributed by atoms with Crippen LogP contribution >= 0.6 is 0 Å². The van der Waals surface area contributed by atoms with Crippen LogP contribution in [-0.4, -0.2) is 41.8 Å². The van der Waals surface area contributed by atoms with E-state index in [-0.39, 0.29) is 18.4 Å². The standard InChI is InChI=1S/C26H30N2O5/c1-2-8-23(24(29)27-22-14-7-13-20(22)25(30)31)28-26(32)33-15-21-18-11-5-3-9-16(18)17-10-4-6-12-19(17)21/h3-6,9-12,20-23H,2,7-8,13-15H2,1H3,(H,27,29)(H,28,32)(H,30,31)/t20?,22?,23-/m1/s1. The first-order chi connectivity index (χ1) is 16.0. The molecule has 2 aromatic carbocycles. The van der Waals surface area contributed by atoms with Crippen LogP contribution in [-0.2, 0) is 14.3 Å². The molecule has 0 aromatic heterocycles. The molecule has 0 bridgehead atoms. The van der Waals surface area contributed by atoms with Crippen molar-refractivity contribution in [1.82, 2.24) is 10.6 Å². The van der Waals surface area contributed by atoms with Crippen LogP contribution in [0.4, 0.5) is 4.79 Å². The Morgan fingerprint density at radius 2 is 1.67 bits per heavy atom. The summed E-state index contributed by atoms with van der Waals surface area (Å²) in [5.74, 6) is -1.89. The Bertz CT molecular complexity index is 991. The minimum atomic E-state index is -0.894. The molecule has 2 aromatic rings. The molecule has 2 aliphatic carbocycles. The molecule has 2 unspecified atom stereocenters. The van der Waals surface area contributed by atoms with Crippen LogP contribution in [0.5, 0.6) is 0 Å². The molecule has 1 saturated carbocycles. The molecule has 7 nitrogen and oxygen atoms in total. The number of carbonyl (C=O) groups is 3. The van der Waals surface area contributed by atoms with Crippen LogP contribution in [0.2, 0.25) is 0 Å². The van der Waals surface area contributed by atoms with E-state index in [1.807, 2.05) is 31.2 Å². The fourth-order valence-corrected chi connectivity index (χ4v) is 5.05. The Labute approximate surface area is 193 Å². The number of benzene rings is 2. The minimum Gasteiger partial charge on any atom is -0.481 e. The van der Waals surface area contributed by atoms with Crippen molar-refractivity contribution in [2.24, 2.45) is 5.92 Å². The van der Waals surface area contributed by atoms with E-state index in [1.54, 1.807) is 0 Å². The van der Waals surface area contributed by atoms with E-state index in [4.69, 9.17) is 4.74 Å². The van der Waals surface area contributed by atoms with Gasteiger partial charge in [-0.3, -0.25) is 9.59 Å². The molecule has 2 amide bonds. The van der Waals surface area contributed by atoms with Crippen LogP contribution in [0.15, 0.2) is 48.5 Å². The number of carbonyl (C=O) groups excluding carboxylic acids is 2. The Kier molecular flexibility index (Phi) is 6.96. The molecule has 3 N–H and O–H groups in total. The Morgan fingerprint density at radius 3 is 2.27 bits per heavy atom. The molecule has 0 heterocycles. The fourth-order valence-electron chi connectivity index (χ4n) is 5.05. The van der Waals surface area contributed by atoms with E-state index < -0.39 is 30.1 Å². The summed E-state index contributed by atoms with van der Waals surface area (Å²) in [7, 11) is 0. The molecule has 7 heteroatoms. The summed E-state index contributed by atoms with van der Waals surface area (Å²) < 4.78 is 5.57. The van der Waals surface area contributed by atoms with Crippen molar-refractivity contribution >= 4 is 18.0 Å². The number of hydrogen-bond donors (Lipinski definition) is 3. The molecule has 4 rings (SSSR count). The van der Waals surface area contributed by atoms with Gasteiger partial charge in [-0.2, -0.15) is 0 Å². The second-order valence-electron chi connectivity index (χ2n) is 8.80. The third-order valence-corrected chi connectivity index (χ3v) is 6.69. The molecular formula is C26H30N2O5. The number of ether oxygens (including phenoxy) is 1. The van der Waals surface area contributed by atoms with Gasteiger partial charge >= 0.3 is 12.1 Å². The van der Waals surface area contributed by atoms with Crippen LogP contribution in [0.1, 0.15) is 56.1 Å². The highest BCUT2D eigenvalue weighted by Gasteiger charge is 2.35. The monoisotopic (exact) mass is 450 g/mol. The highest BCUT2D eigenvalue weighted by atomic mass is 16.5. The number of alkyl carbamates (subject to hydrolysis) is 1. The van der Waals surface area contributed by atoms with Crippen molar-refractivity contribution in [2.75, 3.05) is 6.61 Å². The predicted molar refractivity (Wildman–Crippen MR) is 124 cm³/mol. The van der Waals surface area contributed by atoms with Gasteiger partial charge in [0, 0.05) is 12.0 Å². The second-order valence-corrected chi connectivity index (χ2v) is 8.80. The lowest BCUT2D eigenvalue weighted by molar-refractivity contribution is -0.142. The van der Waals surface area contributed by atoms with E-state index in [0.29, 0.717) is 25.7 Å². The molecule has 174 valence electrons. The average molecular weight is 451 g/mol. The van der Waals surface area contributed by atoms with Gasteiger partial charge in [-0.05, 0) is 41.5 Å². The first-order valence-electron chi connectivity index (χ1n) is 11.6. The number of amides is 2. The van der Waals surface area contributed by atoms with Crippen LogP contribution in [0.25, 0.3) is 11.1 Å². The third kappa shape index (κ3) is 4.87. The third-order valence-electron chi connectivity index (χ3n) is 6.69. The molecule has 3 atom stereocenters. The van der Waals surface area contributed by atoms with Crippen LogP contribution < -0.4 is 10.6 Å². The maximum Gasteiger partial charge on any atom is 0.407 e. The summed E-state index contributed by atoms with van der Waals surface area (Å²) in [6.07, 6.45) is 2.44. The van der Waals surface area contributed by atoms with Gasteiger partial charge < -0.3 is 20.5 Å². The Balaban J connectivity index is 1.38. The molecule has 33 heavy (non-hydrogen) atoms. The van der Waals surface area contributed by atoms with Crippen molar-refractivity contribution in [2.45, 2.75) is 57.0 Å². The quantitative estimate of drug-likeness (QED) is 0.563. The zero-order valence-corrected chi connectivity index (χ0v) is 18.8. The van der Waals surface area contributed by atoms with Crippen molar-refractivity contribution in [3.05, 3.63) is 59.7 Å². The highest BCUT2D eigenvalue weighted by Crippen LogP contribution is 2.44. The van der Waals surface area contributed by atoms with Gasteiger partial charge in [0.1, 0.15) is 12.6 Å². The molecule has 0 spiro atoms. The SMILES string of the molecule is CCC[C@@H](NC(=O)OCC1c2ccccc2-c2ccccc21)C(=O)NC1CCCC1C(=O)O. The zero-order valence-electron chi connectivity index (χ0n) is 18.8. The number of fused-ring (bicyclic) bond motifs is 3. The summed E-state index contributed by atoms with van der Waals surface area (Å²) in [5.41, 5.74) is 4.54. The minimum absolute atomic E-state index is 0.0589. The molecular weight excluding hydrogens is 420 g/mol. The van der Waals surface area contributed by atoms with Crippen LogP contribution in [0.3, 0.4) is 0 Å². The van der Waals surface area contributed by atoms with Gasteiger partial charge in [-0.1, -0.05) is 68.3 Å². The Hall–Kier alpha value is -3.35. The van der Waals surface area contributed by atoms with Crippen molar-refractivity contribution in [1.29, 1.82) is 0 Å². The van der Waals surface area contributed by atoms with Gasteiger partial charge in [-0.15, -0.1) is 0 Å². The lowest BCUT2D eigenvalue weighted by atomic mass is 9.98. The molecule has 0 radical (unpaired) electrons. The second kappa shape index (κ2) is 10.1. The van der Waals surface area contributed by atoms with E-state index in [9.17, 15) is 19.5 Å². The summed E-state index contributed by atoms with van der Waals surface area (Å²) >= 11 is 0. The van der Waals surface area contributed by atoms with Gasteiger partial charge in [0.25, 0.3) is 0 Å². The first kappa shape index (κ1) is 22.8. The molecule has 0 aliphatic heterocycles. The maximum absolute atomic E-state index is 12.8. The van der Waals surface area contributed by atoms with Gasteiger partial charge in [0.2, 0.25) is 5.91 Å². The lowest BCUT2D eigenvalue weighted by Gasteiger charge is -2.23. The van der Waals surface area contributed by atoms with Crippen LogP contribution in [0, 0.1) is 5.92 Å². The summed E-state index contributed by atoms with van der Waals surface area (Å²) in [6, 6.07) is 15.0.